The van der Waals surface area contributed by atoms with Gasteiger partial charge in [-0.2, -0.15) is 18.2 Å². The van der Waals surface area contributed by atoms with Crippen LogP contribution in [0.5, 0.6) is 0 Å². The van der Waals surface area contributed by atoms with Crippen molar-refractivity contribution >= 4 is 29.2 Å². The van der Waals surface area contributed by atoms with Crippen molar-refractivity contribution in [1.82, 2.24) is 15.2 Å². The summed E-state index contributed by atoms with van der Waals surface area (Å²) in [5.41, 5.74) is 7.45. The first-order valence-electron chi connectivity index (χ1n) is 7.17. The van der Waals surface area contributed by atoms with E-state index in [0.717, 1.165) is 17.7 Å². The standard InChI is InChI=1S/C16H13ClF3N5/c1-8-6-11(22-15-23-14(21)24-25-15)7-12(17)13(8)9-2-4-10(5-3-9)16(18,19)20/h2-7H,1H3,(H4,21,22,23,24,25). The number of nitrogen functional groups attached to an aromatic ring is 1. The molecule has 0 saturated heterocycles. The Kier molecular flexibility index (Phi) is 4.30. The maximum Gasteiger partial charge on any atom is 0.416 e. The summed E-state index contributed by atoms with van der Waals surface area (Å²) in [6.45, 7) is 1.82. The lowest BCUT2D eigenvalue weighted by Gasteiger charge is -2.13. The molecule has 0 spiro atoms. The third kappa shape index (κ3) is 3.69. The number of anilines is 3. The van der Waals surface area contributed by atoms with Crippen LogP contribution in [0, 0.1) is 6.92 Å². The van der Waals surface area contributed by atoms with Gasteiger partial charge in [0.25, 0.3) is 0 Å². The number of nitrogens with zero attached hydrogens (tertiary/aromatic N) is 2. The molecule has 1 aromatic heterocycles. The molecule has 3 aromatic rings. The van der Waals surface area contributed by atoms with Gasteiger partial charge in [0.1, 0.15) is 0 Å². The minimum Gasteiger partial charge on any atom is -0.368 e. The van der Waals surface area contributed by atoms with Gasteiger partial charge in [-0.3, -0.25) is 0 Å². The average molecular weight is 368 g/mol. The Morgan fingerprint density at radius 1 is 1.16 bits per heavy atom. The van der Waals surface area contributed by atoms with Crippen LogP contribution in [-0.4, -0.2) is 15.2 Å². The van der Waals surface area contributed by atoms with Gasteiger partial charge < -0.3 is 11.1 Å². The average Bonchev–Trinajstić information content (AvgIpc) is 2.91. The zero-order chi connectivity index (χ0) is 18.2. The van der Waals surface area contributed by atoms with Crippen LogP contribution in [0.1, 0.15) is 11.1 Å². The van der Waals surface area contributed by atoms with E-state index in [9.17, 15) is 13.2 Å². The van der Waals surface area contributed by atoms with Crippen molar-refractivity contribution in [2.24, 2.45) is 0 Å². The first-order valence-corrected chi connectivity index (χ1v) is 7.54. The maximum atomic E-state index is 12.7. The summed E-state index contributed by atoms with van der Waals surface area (Å²) in [5.74, 6) is 0.460. The molecule has 25 heavy (non-hydrogen) atoms. The third-order valence-corrected chi connectivity index (χ3v) is 3.85. The second-order valence-corrected chi connectivity index (χ2v) is 5.80. The zero-order valence-corrected chi connectivity index (χ0v) is 13.7. The summed E-state index contributed by atoms with van der Waals surface area (Å²) in [4.78, 5) is 3.93. The van der Waals surface area contributed by atoms with Crippen LogP contribution in [0.15, 0.2) is 36.4 Å². The summed E-state index contributed by atoms with van der Waals surface area (Å²) >= 11 is 6.33. The summed E-state index contributed by atoms with van der Waals surface area (Å²) in [6, 6.07) is 8.32. The molecule has 0 atom stereocenters. The smallest absolute Gasteiger partial charge is 0.368 e. The number of nitrogens with one attached hydrogen (secondary N) is 2. The number of nitrogens with two attached hydrogens (primary N) is 1. The molecule has 9 heteroatoms. The Morgan fingerprint density at radius 3 is 2.36 bits per heavy atom. The molecular weight excluding hydrogens is 355 g/mol. The zero-order valence-electron chi connectivity index (χ0n) is 12.9. The van der Waals surface area contributed by atoms with Crippen LogP contribution in [0.4, 0.5) is 30.8 Å². The number of benzene rings is 2. The number of aromatic amines is 1. The molecule has 0 fully saturated rings. The number of aryl methyl sites for hydroxylation is 1. The van der Waals surface area contributed by atoms with Crippen LogP contribution < -0.4 is 11.1 Å². The fourth-order valence-corrected chi connectivity index (χ4v) is 2.84. The van der Waals surface area contributed by atoms with Crippen molar-refractivity contribution in [2.75, 3.05) is 11.1 Å². The van der Waals surface area contributed by atoms with Gasteiger partial charge in [-0.05, 0) is 42.3 Å². The normalized spacial score (nSPS) is 11.6. The second kappa shape index (κ2) is 6.29. The highest BCUT2D eigenvalue weighted by molar-refractivity contribution is 6.33. The van der Waals surface area contributed by atoms with E-state index in [2.05, 4.69) is 20.5 Å². The van der Waals surface area contributed by atoms with E-state index in [4.69, 9.17) is 17.3 Å². The van der Waals surface area contributed by atoms with Crippen LogP contribution >= 0.6 is 11.6 Å². The lowest BCUT2D eigenvalue weighted by Crippen LogP contribution is -2.04. The number of aromatic nitrogens is 3. The quantitative estimate of drug-likeness (QED) is 0.622. The van der Waals surface area contributed by atoms with E-state index in [1.54, 1.807) is 12.1 Å². The molecule has 4 N–H and O–H groups in total. The van der Waals surface area contributed by atoms with Crippen molar-refractivity contribution in [3.05, 3.63) is 52.5 Å². The molecular formula is C16H13ClF3N5. The SMILES string of the molecule is Cc1cc(Nc2n[nH]c(N)n2)cc(Cl)c1-c1ccc(C(F)(F)F)cc1. The fraction of sp³-hybridized carbons (Fsp3) is 0.125. The van der Waals surface area contributed by atoms with Gasteiger partial charge in [0.15, 0.2) is 0 Å². The predicted molar refractivity (Wildman–Crippen MR) is 90.7 cm³/mol. The largest absolute Gasteiger partial charge is 0.416 e. The van der Waals surface area contributed by atoms with Gasteiger partial charge >= 0.3 is 6.18 Å². The van der Waals surface area contributed by atoms with Crippen molar-refractivity contribution in [3.63, 3.8) is 0 Å². The molecule has 0 aliphatic rings. The number of halogens is 4. The Morgan fingerprint density at radius 2 is 1.84 bits per heavy atom. The topological polar surface area (TPSA) is 79.6 Å². The molecule has 3 rings (SSSR count). The van der Waals surface area contributed by atoms with E-state index in [1.165, 1.54) is 12.1 Å². The van der Waals surface area contributed by atoms with Gasteiger partial charge in [-0.25, -0.2) is 5.10 Å². The van der Waals surface area contributed by atoms with Crippen molar-refractivity contribution in [2.45, 2.75) is 13.1 Å². The molecule has 1 heterocycles. The second-order valence-electron chi connectivity index (χ2n) is 5.39. The molecule has 0 saturated carbocycles. The lowest BCUT2D eigenvalue weighted by atomic mass is 9.98. The minimum absolute atomic E-state index is 0.173. The highest BCUT2D eigenvalue weighted by atomic mass is 35.5. The summed E-state index contributed by atoms with van der Waals surface area (Å²) in [6.07, 6.45) is -4.37. The summed E-state index contributed by atoms with van der Waals surface area (Å²) < 4.78 is 38.1. The molecule has 0 bridgehead atoms. The number of hydrogen-bond acceptors (Lipinski definition) is 4. The monoisotopic (exact) mass is 367 g/mol. The van der Waals surface area contributed by atoms with Crippen LogP contribution in [0.2, 0.25) is 5.02 Å². The van der Waals surface area contributed by atoms with Gasteiger partial charge in [0.2, 0.25) is 11.9 Å². The summed E-state index contributed by atoms with van der Waals surface area (Å²) in [5, 5.41) is 9.71. The van der Waals surface area contributed by atoms with Crippen molar-refractivity contribution < 1.29 is 13.2 Å². The van der Waals surface area contributed by atoms with Gasteiger partial charge in [-0.1, -0.05) is 23.7 Å². The Bertz CT molecular complexity index is 880. The molecule has 0 radical (unpaired) electrons. The van der Waals surface area contributed by atoms with E-state index >= 15 is 0 Å². The van der Waals surface area contributed by atoms with Gasteiger partial charge in [0.05, 0.1) is 10.6 Å². The summed E-state index contributed by atoms with van der Waals surface area (Å²) in [7, 11) is 0. The van der Waals surface area contributed by atoms with E-state index in [0.29, 0.717) is 21.8 Å². The first kappa shape index (κ1) is 17.1. The number of alkyl halides is 3. The third-order valence-electron chi connectivity index (χ3n) is 3.55. The van der Waals surface area contributed by atoms with Crippen LogP contribution in [0.3, 0.4) is 0 Å². The maximum absolute atomic E-state index is 12.7. The van der Waals surface area contributed by atoms with E-state index in [1.807, 2.05) is 6.92 Å². The first-order chi connectivity index (χ1) is 11.7. The predicted octanol–water partition coefficient (Wildman–Crippen LogP) is 4.78. The van der Waals surface area contributed by atoms with E-state index < -0.39 is 11.7 Å². The van der Waals surface area contributed by atoms with Crippen molar-refractivity contribution in [3.8, 4) is 11.1 Å². The molecule has 0 unspecified atom stereocenters. The van der Waals surface area contributed by atoms with Crippen LogP contribution in [-0.2, 0) is 6.18 Å². The molecule has 0 amide bonds. The minimum atomic E-state index is -4.37. The number of hydrogen-bond donors (Lipinski definition) is 3. The van der Waals surface area contributed by atoms with E-state index in [-0.39, 0.29) is 11.9 Å². The Hall–Kier alpha value is -2.74. The number of H-pyrrole nitrogens is 1. The highest BCUT2D eigenvalue weighted by Crippen LogP contribution is 2.36. The fourth-order valence-electron chi connectivity index (χ4n) is 2.47. The number of rotatable bonds is 3. The van der Waals surface area contributed by atoms with Crippen molar-refractivity contribution in [1.29, 1.82) is 0 Å². The molecule has 5 nitrogen and oxygen atoms in total. The Balaban J connectivity index is 1.92. The molecule has 130 valence electrons. The molecule has 0 aliphatic heterocycles. The van der Waals surface area contributed by atoms with Gasteiger partial charge in [-0.15, -0.1) is 5.10 Å². The molecule has 2 aromatic carbocycles. The van der Waals surface area contributed by atoms with Crippen LogP contribution in [0.25, 0.3) is 11.1 Å². The molecule has 0 aliphatic carbocycles. The highest BCUT2D eigenvalue weighted by Gasteiger charge is 2.30. The van der Waals surface area contributed by atoms with Gasteiger partial charge in [0, 0.05) is 11.3 Å². The lowest BCUT2D eigenvalue weighted by molar-refractivity contribution is -0.137. The Labute approximate surface area is 146 Å².